The molecule has 34 heavy (non-hydrogen) atoms. The fraction of sp³-hybridized carbons (Fsp3) is 0.208. The summed E-state index contributed by atoms with van der Waals surface area (Å²) in [7, 11) is 0. The first-order chi connectivity index (χ1) is 16.4. The largest absolute Gasteiger partial charge is 0.524 e. The van der Waals surface area contributed by atoms with Crippen LogP contribution in [0.15, 0.2) is 73.1 Å². The molecular weight excluding hydrogens is 447 g/mol. The molecule has 4 heterocycles. The first-order valence-electron chi connectivity index (χ1n) is 10.7. The number of halogens is 3. The third-order valence-corrected chi connectivity index (χ3v) is 5.58. The predicted octanol–water partition coefficient (Wildman–Crippen LogP) is 4.98. The van der Waals surface area contributed by atoms with Gasteiger partial charge in [0.05, 0.1) is 11.9 Å². The molecule has 0 radical (unpaired) electrons. The van der Waals surface area contributed by atoms with Crippen molar-refractivity contribution >= 4 is 28.4 Å². The number of carbonyl (C=O) groups excluding carboxylic acids is 1. The lowest BCUT2D eigenvalue weighted by Crippen LogP contribution is -2.37. The number of nitrogens with one attached hydrogen (secondary N) is 1. The van der Waals surface area contributed by atoms with Crippen molar-refractivity contribution in [1.29, 1.82) is 0 Å². The van der Waals surface area contributed by atoms with Crippen LogP contribution in [0.5, 0.6) is 0 Å². The number of alkyl halides is 3. The van der Waals surface area contributed by atoms with Crippen LogP contribution in [-0.4, -0.2) is 39.9 Å². The number of hydrogen-bond acceptors (Lipinski definition) is 5. The average molecular weight is 467 g/mol. The lowest BCUT2D eigenvalue weighted by molar-refractivity contribution is -0.348. The fourth-order valence-electron chi connectivity index (χ4n) is 3.87. The number of rotatable bonds is 6. The molecule has 1 aliphatic rings. The predicted molar refractivity (Wildman–Crippen MR) is 120 cm³/mol. The van der Waals surface area contributed by atoms with Gasteiger partial charge in [-0.15, -0.1) is 13.2 Å². The summed E-state index contributed by atoms with van der Waals surface area (Å²) in [6, 6.07) is 16.2. The molecule has 10 heteroatoms. The van der Waals surface area contributed by atoms with Gasteiger partial charge in [0.1, 0.15) is 17.2 Å². The average Bonchev–Trinajstić information content (AvgIpc) is 3.17. The number of amides is 1. The van der Waals surface area contributed by atoms with Gasteiger partial charge in [0, 0.05) is 30.2 Å². The molecule has 0 saturated carbocycles. The van der Waals surface area contributed by atoms with Gasteiger partial charge in [-0.1, -0.05) is 30.3 Å². The number of aromatic nitrogens is 3. The Balaban J connectivity index is 1.54. The van der Waals surface area contributed by atoms with Crippen LogP contribution in [0.4, 0.5) is 24.7 Å². The van der Waals surface area contributed by atoms with Gasteiger partial charge >= 0.3 is 6.36 Å². The van der Waals surface area contributed by atoms with Gasteiger partial charge in [0.25, 0.3) is 5.91 Å². The summed E-state index contributed by atoms with van der Waals surface area (Å²) in [5, 5.41) is 3.23. The third kappa shape index (κ3) is 4.44. The molecule has 7 nitrogen and oxygen atoms in total. The molecule has 0 aliphatic carbocycles. The number of anilines is 2. The highest BCUT2D eigenvalue weighted by Gasteiger charge is 2.37. The second kappa shape index (κ2) is 8.79. The van der Waals surface area contributed by atoms with Gasteiger partial charge in [-0.25, -0.2) is 9.97 Å². The Labute approximate surface area is 192 Å². The molecule has 0 spiro atoms. The molecular formula is C24H20F3N5O2. The van der Waals surface area contributed by atoms with Crippen molar-refractivity contribution in [3.63, 3.8) is 0 Å². The van der Waals surface area contributed by atoms with E-state index in [1.54, 1.807) is 42.5 Å². The minimum Gasteiger partial charge on any atom is -0.356 e. The van der Waals surface area contributed by atoms with Gasteiger partial charge in [-0.05, 0) is 36.8 Å². The van der Waals surface area contributed by atoms with Crippen molar-refractivity contribution in [2.45, 2.75) is 19.0 Å². The van der Waals surface area contributed by atoms with Crippen LogP contribution < -0.4 is 10.2 Å². The van der Waals surface area contributed by atoms with Crippen LogP contribution in [0.1, 0.15) is 28.7 Å². The Kier molecular flexibility index (Phi) is 5.66. The molecule has 1 aromatic carbocycles. The van der Waals surface area contributed by atoms with E-state index >= 15 is 0 Å². The minimum absolute atomic E-state index is 0.0291. The smallest absolute Gasteiger partial charge is 0.356 e. The molecule has 4 aromatic rings. The molecule has 1 unspecified atom stereocenters. The number of hydrogen-bond donors (Lipinski definition) is 1. The molecule has 1 atom stereocenters. The lowest BCUT2D eigenvalue weighted by atomic mass is 10.2. The van der Waals surface area contributed by atoms with Gasteiger partial charge in [-0.2, -0.15) is 0 Å². The van der Waals surface area contributed by atoms with Crippen LogP contribution >= 0.6 is 0 Å². The van der Waals surface area contributed by atoms with Crippen LogP contribution in [0.25, 0.3) is 11.0 Å². The van der Waals surface area contributed by atoms with E-state index in [-0.39, 0.29) is 16.9 Å². The van der Waals surface area contributed by atoms with Gasteiger partial charge in [0.2, 0.25) is 0 Å². The normalized spacial score (nSPS) is 14.6. The van der Waals surface area contributed by atoms with Crippen molar-refractivity contribution in [3.8, 4) is 0 Å². The van der Waals surface area contributed by atoms with E-state index in [9.17, 15) is 18.0 Å². The van der Waals surface area contributed by atoms with E-state index in [2.05, 4.69) is 24.9 Å². The summed E-state index contributed by atoms with van der Waals surface area (Å²) in [5.74, 6) is 0.202. The maximum Gasteiger partial charge on any atom is 0.524 e. The summed E-state index contributed by atoms with van der Waals surface area (Å²) in [4.78, 5) is 24.0. The molecule has 1 N–H and O–H groups in total. The maximum absolute atomic E-state index is 13.4. The highest BCUT2D eigenvalue weighted by atomic mass is 19.4. The molecule has 0 bridgehead atoms. The molecule has 1 aliphatic heterocycles. The van der Waals surface area contributed by atoms with Crippen LogP contribution in [-0.2, 0) is 4.74 Å². The van der Waals surface area contributed by atoms with E-state index in [0.29, 0.717) is 11.1 Å². The molecule has 5 rings (SSSR count). The highest BCUT2D eigenvalue weighted by molar-refractivity contribution is 6.06. The van der Waals surface area contributed by atoms with Crippen molar-refractivity contribution in [1.82, 2.24) is 14.5 Å². The summed E-state index contributed by atoms with van der Waals surface area (Å²) in [6.07, 6.45) is -2.51. The zero-order valence-corrected chi connectivity index (χ0v) is 17.9. The van der Waals surface area contributed by atoms with Gasteiger partial charge in [0.15, 0.2) is 6.23 Å². The first-order valence-corrected chi connectivity index (χ1v) is 10.7. The Hall–Kier alpha value is -3.92. The van der Waals surface area contributed by atoms with E-state index in [4.69, 9.17) is 0 Å². The standard InChI is InChI=1S/C24H20F3N5O2/c25-24(26,27)34-23(16-6-2-1-3-7-16)32-19(14-17-8-4-11-28-21(17)32)22(33)30-18-9-10-20(29-15-18)31-12-5-13-31/h1-4,6-11,14-15,23H,5,12-13H2,(H,30,33). The molecule has 174 valence electrons. The highest BCUT2D eigenvalue weighted by Crippen LogP contribution is 2.34. The summed E-state index contributed by atoms with van der Waals surface area (Å²) in [6.45, 7) is 1.87. The number of ether oxygens (including phenoxy) is 1. The number of fused-ring (bicyclic) bond motifs is 1. The van der Waals surface area contributed by atoms with Gasteiger partial charge < -0.3 is 10.2 Å². The number of nitrogens with zero attached hydrogens (tertiary/aromatic N) is 4. The van der Waals surface area contributed by atoms with Crippen LogP contribution in [0, 0.1) is 0 Å². The zero-order valence-electron chi connectivity index (χ0n) is 17.9. The molecule has 1 amide bonds. The quantitative estimate of drug-likeness (QED) is 0.433. The Morgan fingerprint density at radius 1 is 1.03 bits per heavy atom. The van der Waals surface area contributed by atoms with Crippen molar-refractivity contribution in [2.75, 3.05) is 23.3 Å². The SMILES string of the molecule is O=C(Nc1ccc(N2CCC2)nc1)c1cc2cccnc2n1C(OC(F)(F)F)c1ccccc1. The van der Waals surface area contributed by atoms with Crippen molar-refractivity contribution in [2.24, 2.45) is 0 Å². The summed E-state index contributed by atoms with van der Waals surface area (Å²) < 4.78 is 46.0. The maximum atomic E-state index is 13.4. The first kappa shape index (κ1) is 21.9. The number of carbonyl (C=O) groups is 1. The van der Waals surface area contributed by atoms with Crippen LogP contribution in [0.3, 0.4) is 0 Å². The molecule has 3 aromatic heterocycles. The van der Waals surface area contributed by atoms with E-state index in [1.165, 1.54) is 30.6 Å². The Morgan fingerprint density at radius 2 is 1.82 bits per heavy atom. The summed E-state index contributed by atoms with van der Waals surface area (Å²) in [5.41, 5.74) is 0.806. The Morgan fingerprint density at radius 3 is 2.47 bits per heavy atom. The van der Waals surface area contributed by atoms with Crippen LogP contribution in [0.2, 0.25) is 0 Å². The Bertz CT molecular complexity index is 1300. The van der Waals surface area contributed by atoms with E-state index in [0.717, 1.165) is 29.9 Å². The fourth-order valence-corrected chi connectivity index (χ4v) is 3.87. The minimum atomic E-state index is -4.95. The second-order valence-corrected chi connectivity index (χ2v) is 7.84. The second-order valence-electron chi connectivity index (χ2n) is 7.84. The third-order valence-electron chi connectivity index (χ3n) is 5.58. The topological polar surface area (TPSA) is 72.3 Å². The zero-order chi connectivity index (χ0) is 23.7. The van der Waals surface area contributed by atoms with Gasteiger partial charge in [-0.3, -0.25) is 14.1 Å². The molecule has 1 fully saturated rings. The number of pyridine rings is 2. The van der Waals surface area contributed by atoms with E-state index in [1.807, 2.05) is 0 Å². The monoisotopic (exact) mass is 467 g/mol. The molecule has 1 saturated heterocycles. The lowest BCUT2D eigenvalue weighted by Gasteiger charge is -2.31. The van der Waals surface area contributed by atoms with Crippen molar-refractivity contribution in [3.05, 3.63) is 84.3 Å². The summed E-state index contributed by atoms with van der Waals surface area (Å²) >= 11 is 0. The van der Waals surface area contributed by atoms with E-state index < -0.39 is 18.5 Å². The number of benzene rings is 1. The van der Waals surface area contributed by atoms with Crippen molar-refractivity contribution < 1.29 is 22.7 Å².